The molecule has 7 nitrogen and oxygen atoms in total. The van der Waals surface area contributed by atoms with E-state index in [2.05, 4.69) is 29.6 Å². The highest BCUT2D eigenvalue weighted by Gasteiger charge is 2.39. The van der Waals surface area contributed by atoms with Crippen molar-refractivity contribution in [2.75, 3.05) is 31.7 Å². The number of carboxylic acids is 1. The van der Waals surface area contributed by atoms with Crippen LogP contribution in [0.3, 0.4) is 0 Å². The number of alkyl carbamates (subject to hydrolysis) is 1. The number of hydrogen-bond donors (Lipinski definition) is 2. The molecule has 0 spiro atoms. The predicted octanol–water partition coefficient (Wildman–Crippen LogP) is 3.83. The number of aliphatic carboxylic acids is 1. The van der Waals surface area contributed by atoms with Crippen molar-refractivity contribution < 1.29 is 24.2 Å². The lowest BCUT2D eigenvalue weighted by molar-refractivity contribution is -0.142. The second kappa shape index (κ2) is 10.5. The topological polar surface area (TPSA) is 95.9 Å². The summed E-state index contributed by atoms with van der Waals surface area (Å²) in [5.41, 5.74) is 4.54. The minimum atomic E-state index is -0.895. The lowest BCUT2D eigenvalue weighted by Crippen LogP contribution is -2.48. The van der Waals surface area contributed by atoms with Crippen molar-refractivity contribution >= 4 is 29.7 Å². The number of nitrogens with one attached hydrogen (secondary N) is 1. The van der Waals surface area contributed by atoms with Gasteiger partial charge in [0.1, 0.15) is 12.6 Å². The van der Waals surface area contributed by atoms with E-state index in [9.17, 15) is 19.5 Å². The largest absolute Gasteiger partial charge is 0.481 e. The molecule has 1 aliphatic heterocycles. The quantitative estimate of drug-likeness (QED) is 0.594. The number of carboxylic acid groups (broad SMARTS) is 1. The maximum Gasteiger partial charge on any atom is 0.407 e. The highest BCUT2D eigenvalue weighted by Crippen LogP contribution is 2.44. The van der Waals surface area contributed by atoms with Crippen LogP contribution in [0.25, 0.3) is 11.1 Å². The first-order valence-electron chi connectivity index (χ1n) is 11.5. The molecule has 34 heavy (non-hydrogen) atoms. The Hall–Kier alpha value is -3.00. The standard InChI is InChI=1S/C26H30N2O5S/c1-16-13-28(14-21(16)25(30)31)24(29)23(11-12-34-2)27-26(32)33-15-22-19-9-5-3-7-17(19)18-8-4-6-10-20(18)22/h3-10,16,21-23H,11-15H2,1-2H3,(H,27,32)(H,30,31)/t16-,21-,23-/m1/s1. The number of hydrogen-bond acceptors (Lipinski definition) is 5. The molecule has 4 rings (SSSR count). The van der Waals surface area contributed by atoms with Crippen molar-refractivity contribution in [2.45, 2.75) is 25.3 Å². The van der Waals surface area contributed by atoms with Gasteiger partial charge in [0, 0.05) is 19.0 Å². The normalized spacial score (nSPS) is 19.9. The van der Waals surface area contributed by atoms with Crippen LogP contribution in [0.15, 0.2) is 48.5 Å². The minimum Gasteiger partial charge on any atom is -0.481 e. The van der Waals surface area contributed by atoms with Crippen LogP contribution in [0.4, 0.5) is 4.79 Å². The van der Waals surface area contributed by atoms with Gasteiger partial charge in [-0.2, -0.15) is 11.8 Å². The molecule has 0 aromatic heterocycles. The molecule has 0 saturated carbocycles. The van der Waals surface area contributed by atoms with Crippen LogP contribution >= 0.6 is 11.8 Å². The molecular formula is C26H30N2O5S. The van der Waals surface area contributed by atoms with Crippen molar-refractivity contribution in [1.29, 1.82) is 0 Å². The molecule has 2 N–H and O–H groups in total. The molecular weight excluding hydrogens is 452 g/mol. The van der Waals surface area contributed by atoms with Gasteiger partial charge in [0.05, 0.1) is 5.92 Å². The number of carbonyl (C=O) groups excluding carboxylic acids is 2. The van der Waals surface area contributed by atoms with Gasteiger partial charge in [0.2, 0.25) is 5.91 Å². The zero-order valence-corrected chi connectivity index (χ0v) is 20.2. The number of thioether (sulfide) groups is 1. The van der Waals surface area contributed by atoms with Gasteiger partial charge in [-0.1, -0.05) is 55.5 Å². The van der Waals surface area contributed by atoms with Gasteiger partial charge < -0.3 is 20.1 Å². The van der Waals surface area contributed by atoms with Crippen molar-refractivity contribution in [3.63, 3.8) is 0 Å². The van der Waals surface area contributed by atoms with E-state index in [-0.39, 0.29) is 30.9 Å². The Morgan fingerprint density at radius 3 is 2.26 bits per heavy atom. The molecule has 0 radical (unpaired) electrons. The zero-order chi connectivity index (χ0) is 24.2. The molecule has 1 heterocycles. The van der Waals surface area contributed by atoms with Crippen LogP contribution in [-0.4, -0.2) is 65.7 Å². The van der Waals surface area contributed by atoms with Crippen LogP contribution < -0.4 is 5.32 Å². The number of likely N-dealkylation sites (tertiary alicyclic amines) is 1. The first kappa shape index (κ1) is 24.1. The number of rotatable bonds is 8. The molecule has 1 fully saturated rings. The average molecular weight is 483 g/mol. The monoisotopic (exact) mass is 482 g/mol. The van der Waals surface area contributed by atoms with Gasteiger partial charge in [0.25, 0.3) is 0 Å². The van der Waals surface area contributed by atoms with E-state index in [1.165, 1.54) is 0 Å². The van der Waals surface area contributed by atoms with E-state index in [1.807, 2.05) is 37.4 Å². The lowest BCUT2D eigenvalue weighted by Gasteiger charge is -2.24. The van der Waals surface area contributed by atoms with Crippen LogP contribution in [0, 0.1) is 11.8 Å². The summed E-state index contributed by atoms with van der Waals surface area (Å²) in [6.07, 6.45) is 1.75. The molecule has 180 valence electrons. The third-order valence-corrected chi connectivity index (χ3v) is 7.43. The highest BCUT2D eigenvalue weighted by molar-refractivity contribution is 7.98. The van der Waals surface area contributed by atoms with Crippen LogP contribution in [0.2, 0.25) is 0 Å². The third kappa shape index (κ3) is 4.92. The number of ether oxygens (including phenoxy) is 1. The summed E-state index contributed by atoms with van der Waals surface area (Å²) in [6.45, 7) is 2.54. The lowest BCUT2D eigenvalue weighted by atomic mass is 9.98. The van der Waals surface area contributed by atoms with Gasteiger partial charge in [0.15, 0.2) is 0 Å². The zero-order valence-electron chi connectivity index (χ0n) is 19.4. The Morgan fingerprint density at radius 1 is 1.09 bits per heavy atom. The fourth-order valence-corrected chi connectivity index (χ4v) is 5.44. The van der Waals surface area contributed by atoms with Gasteiger partial charge in [-0.15, -0.1) is 0 Å². The Labute approximate surface area is 203 Å². The highest BCUT2D eigenvalue weighted by atomic mass is 32.2. The Bertz CT molecular complexity index is 1030. The van der Waals surface area contributed by atoms with Crippen molar-refractivity contribution in [1.82, 2.24) is 10.2 Å². The maximum atomic E-state index is 13.1. The molecule has 2 aromatic rings. The molecule has 0 bridgehead atoms. The Balaban J connectivity index is 1.41. The number of carbonyl (C=O) groups is 3. The van der Waals surface area contributed by atoms with E-state index in [1.54, 1.807) is 16.7 Å². The van der Waals surface area contributed by atoms with Crippen molar-refractivity contribution in [3.8, 4) is 11.1 Å². The van der Waals surface area contributed by atoms with E-state index in [0.717, 1.165) is 22.3 Å². The first-order chi connectivity index (χ1) is 16.4. The Morgan fingerprint density at radius 2 is 1.71 bits per heavy atom. The second-order valence-electron chi connectivity index (χ2n) is 8.97. The maximum absolute atomic E-state index is 13.1. The second-order valence-corrected chi connectivity index (χ2v) is 9.95. The number of fused-ring (bicyclic) bond motifs is 3. The molecule has 1 aliphatic carbocycles. The molecule has 2 amide bonds. The molecule has 2 aliphatic rings. The molecule has 3 atom stereocenters. The molecule has 0 unspecified atom stereocenters. The van der Waals surface area contributed by atoms with E-state index >= 15 is 0 Å². The molecule has 2 aromatic carbocycles. The molecule has 8 heteroatoms. The van der Waals surface area contributed by atoms with E-state index in [0.29, 0.717) is 18.7 Å². The minimum absolute atomic E-state index is 0.0609. The summed E-state index contributed by atoms with van der Waals surface area (Å²) >= 11 is 1.58. The number of benzene rings is 2. The average Bonchev–Trinajstić information content (AvgIpc) is 3.38. The summed E-state index contributed by atoms with van der Waals surface area (Å²) in [5.74, 6) is -1.23. The smallest absolute Gasteiger partial charge is 0.407 e. The number of amides is 2. The summed E-state index contributed by atoms with van der Waals surface area (Å²) in [7, 11) is 0. The third-order valence-electron chi connectivity index (χ3n) is 6.79. The fraction of sp³-hybridized carbons (Fsp3) is 0.423. The van der Waals surface area contributed by atoms with E-state index in [4.69, 9.17) is 4.74 Å². The SMILES string of the molecule is CSCC[C@@H](NC(=O)OCC1c2ccccc2-c2ccccc21)C(=O)N1C[C@@H](C)[C@H](C(=O)O)C1. The van der Waals surface area contributed by atoms with Gasteiger partial charge in [-0.25, -0.2) is 4.79 Å². The summed E-state index contributed by atoms with van der Waals surface area (Å²) in [5, 5.41) is 12.1. The van der Waals surface area contributed by atoms with Crippen LogP contribution in [-0.2, 0) is 14.3 Å². The van der Waals surface area contributed by atoms with Crippen LogP contribution in [0.1, 0.15) is 30.4 Å². The fourth-order valence-electron chi connectivity index (χ4n) is 4.96. The molecule has 1 saturated heterocycles. The predicted molar refractivity (Wildman–Crippen MR) is 132 cm³/mol. The van der Waals surface area contributed by atoms with Crippen molar-refractivity contribution in [2.24, 2.45) is 11.8 Å². The Kier molecular flexibility index (Phi) is 7.46. The van der Waals surface area contributed by atoms with Crippen molar-refractivity contribution in [3.05, 3.63) is 59.7 Å². The van der Waals surface area contributed by atoms with Crippen LogP contribution in [0.5, 0.6) is 0 Å². The summed E-state index contributed by atoms with van der Waals surface area (Å²) < 4.78 is 5.62. The van der Waals surface area contributed by atoms with E-state index < -0.39 is 24.0 Å². The van der Waals surface area contributed by atoms with Gasteiger partial charge in [-0.3, -0.25) is 9.59 Å². The number of nitrogens with zero attached hydrogens (tertiary/aromatic N) is 1. The van der Waals surface area contributed by atoms with Gasteiger partial charge >= 0.3 is 12.1 Å². The van der Waals surface area contributed by atoms with Gasteiger partial charge in [-0.05, 0) is 46.6 Å². The summed E-state index contributed by atoms with van der Waals surface area (Å²) in [6, 6.07) is 15.5. The first-order valence-corrected chi connectivity index (χ1v) is 12.9. The summed E-state index contributed by atoms with van der Waals surface area (Å²) in [4.78, 5) is 38.9.